The minimum atomic E-state index is -1.18. The molecule has 0 aromatic carbocycles. The normalized spacial score (nSPS) is 32.6. The van der Waals surface area contributed by atoms with Crippen LogP contribution in [0.5, 0.6) is 0 Å². The molecule has 0 saturated carbocycles. The molecule has 3 unspecified atom stereocenters. The lowest BCUT2D eigenvalue weighted by Crippen LogP contribution is -2.59. The smallest absolute Gasteiger partial charge is 0.312 e. The highest BCUT2D eigenvalue weighted by Gasteiger charge is 2.80. The number of ether oxygens (including phenoxy) is 3. The highest BCUT2D eigenvalue weighted by atomic mass is 16.6. The van der Waals surface area contributed by atoms with E-state index in [-0.39, 0.29) is 36.9 Å². The molecule has 242 valence electrons. The number of nitrogens with zero attached hydrogens (tertiary/aromatic N) is 3. The first kappa shape index (κ1) is 33.6. The molecule has 0 aromatic rings. The van der Waals surface area contributed by atoms with E-state index in [2.05, 4.69) is 18.1 Å². The summed E-state index contributed by atoms with van der Waals surface area (Å²) in [6.45, 7) is 20.0. The number of esters is 1. The van der Waals surface area contributed by atoms with Gasteiger partial charge in [0.1, 0.15) is 17.6 Å². The monoisotopic (exact) mass is 603 g/mol. The Morgan fingerprint density at radius 2 is 1.93 bits per heavy atom. The molecule has 4 fully saturated rings. The van der Waals surface area contributed by atoms with E-state index in [0.29, 0.717) is 52.1 Å². The summed E-state index contributed by atoms with van der Waals surface area (Å²) >= 11 is 0. The number of allylic oxidation sites excluding steroid dienone is 1. The molecule has 4 aliphatic heterocycles. The fraction of sp³-hybridized carbons (Fsp3) is 0.788. The standard InChI is InChI=1S/C33H53N3O7/c1-7-9-10-11-17-42-31(40)27-26-29(38)36(25(22-37)20-23(3)4)28(33(26)21-24(5)32(27,6)43-33)30(39)35(12-8-2)14-13-34-15-18-41-19-16-34/h7-8,23-28,37H,1-2,9-22H2,3-6H3/t24?,25-,26+,27+,28?,32-,33?/m1/s1. The molecular formula is C33H53N3O7. The molecule has 0 aromatic heterocycles. The Morgan fingerprint density at radius 1 is 1.21 bits per heavy atom. The number of carbonyl (C=O) groups excluding carboxylic acids is 3. The summed E-state index contributed by atoms with van der Waals surface area (Å²) < 4.78 is 18.1. The number of amides is 2. The lowest BCUT2D eigenvalue weighted by molar-refractivity contribution is -0.164. The molecule has 2 bridgehead atoms. The maximum Gasteiger partial charge on any atom is 0.312 e. The molecule has 1 N–H and O–H groups in total. The minimum absolute atomic E-state index is 0.0796. The first-order valence-electron chi connectivity index (χ1n) is 16.2. The van der Waals surface area contributed by atoms with Crippen LogP contribution in [0.1, 0.15) is 59.8 Å². The number of fused-ring (bicyclic) bond motifs is 1. The van der Waals surface area contributed by atoms with E-state index in [1.165, 1.54) is 0 Å². The van der Waals surface area contributed by atoms with Crippen molar-refractivity contribution in [3.8, 4) is 0 Å². The van der Waals surface area contributed by atoms with Crippen LogP contribution in [0.25, 0.3) is 0 Å². The van der Waals surface area contributed by atoms with Crippen molar-refractivity contribution in [2.45, 2.75) is 83.1 Å². The number of carbonyl (C=O) groups is 3. The third kappa shape index (κ3) is 6.44. The Labute approximate surface area is 257 Å². The fourth-order valence-corrected chi connectivity index (χ4v) is 7.89. The lowest BCUT2D eigenvalue weighted by Gasteiger charge is -2.40. The molecule has 4 rings (SSSR count). The number of rotatable bonds is 16. The van der Waals surface area contributed by atoms with Gasteiger partial charge in [-0.1, -0.05) is 32.9 Å². The quantitative estimate of drug-likeness (QED) is 0.163. The molecule has 0 aliphatic carbocycles. The van der Waals surface area contributed by atoms with Crippen molar-refractivity contribution < 1.29 is 33.7 Å². The molecule has 7 atom stereocenters. The Kier molecular flexibility index (Phi) is 11.1. The van der Waals surface area contributed by atoms with E-state index in [4.69, 9.17) is 14.2 Å². The third-order valence-electron chi connectivity index (χ3n) is 10.1. The minimum Gasteiger partial charge on any atom is -0.465 e. The number of unbranched alkanes of at least 4 members (excludes halogenated alkanes) is 2. The second-order valence-electron chi connectivity index (χ2n) is 13.4. The van der Waals surface area contributed by atoms with Crippen LogP contribution in [-0.2, 0) is 28.6 Å². The van der Waals surface area contributed by atoms with E-state index in [1.807, 2.05) is 33.8 Å². The Hall–Kier alpha value is -2.27. The topological polar surface area (TPSA) is 109 Å². The van der Waals surface area contributed by atoms with Gasteiger partial charge in [-0.25, -0.2) is 0 Å². The zero-order chi connectivity index (χ0) is 31.4. The molecule has 10 heteroatoms. The molecule has 4 heterocycles. The van der Waals surface area contributed by atoms with Crippen molar-refractivity contribution in [2.24, 2.45) is 23.7 Å². The highest BCUT2D eigenvalue weighted by Crippen LogP contribution is 2.65. The molecule has 2 amide bonds. The molecule has 43 heavy (non-hydrogen) atoms. The van der Waals surface area contributed by atoms with Crippen molar-refractivity contribution in [3.63, 3.8) is 0 Å². The van der Waals surface area contributed by atoms with E-state index >= 15 is 0 Å². The second-order valence-corrected chi connectivity index (χ2v) is 13.4. The number of hydrogen-bond acceptors (Lipinski definition) is 8. The van der Waals surface area contributed by atoms with Gasteiger partial charge in [0.05, 0.1) is 44.0 Å². The van der Waals surface area contributed by atoms with Gasteiger partial charge in [-0.2, -0.15) is 0 Å². The van der Waals surface area contributed by atoms with Crippen LogP contribution in [0.15, 0.2) is 25.3 Å². The van der Waals surface area contributed by atoms with E-state index in [0.717, 1.165) is 25.9 Å². The fourth-order valence-electron chi connectivity index (χ4n) is 7.89. The van der Waals surface area contributed by atoms with E-state index in [9.17, 15) is 19.5 Å². The summed E-state index contributed by atoms with van der Waals surface area (Å²) in [7, 11) is 0. The van der Waals surface area contributed by atoms with Crippen LogP contribution >= 0.6 is 0 Å². The largest absolute Gasteiger partial charge is 0.465 e. The predicted octanol–water partition coefficient (Wildman–Crippen LogP) is 2.65. The average Bonchev–Trinajstić information content (AvgIpc) is 3.50. The van der Waals surface area contributed by atoms with Crippen LogP contribution in [0, 0.1) is 23.7 Å². The van der Waals surface area contributed by atoms with Crippen molar-refractivity contribution in [2.75, 3.05) is 59.2 Å². The summed E-state index contributed by atoms with van der Waals surface area (Å²) in [4.78, 5) is 48.6. The van der Waals surface area contributed by atoms with Crippen LogP contribution in [0.3, 0.4) is 0 Å². The first-order chi connectivity index (χ1) is 20.5. The van der Waals surface area contributed by atoms with Crippen molar-refractivity contribution >= 4 is 17.8 Å². The predicted molar refractivity (Wildman–Crippen MR) is 163 cm³/mol. The molecule has 0 radical (unpaired) electrons. The zero-order valence-electron chi connectivity index (χ0n) is 26.7. The SMILES string of the molecule is C=CCCCCOC(=O)[C@@H]1[C@H]2C(=O)N([C@@H](CO)CC(C)C)C(C(=O)N(CC=C)CCN3CCOCC3)C23CC(C)[C@@]1(C)O3. The van der Waals surface area contributed by atoms with Gasteiger partial charge in [0, 0.05) is 32.7 Å². The Balaban J connectivity index is 1.69. The van der Waals surface area contributed by atoms with Crippen LogP contribution in [0.2, 0.25) is 0 Å². The van der Waals surface area contributed by atoms with Gasteiger partial charge in [0.15, 0.2) is 0 Å². The van der Waals surface area contributed by atoms with Gasteiger partial charge in [-0.3, -0.25) is 19.3 Å². The number of morpholine rings is 1. The van der Waals surface area contributed by atoms with Crippen LogP contribution in [-0.4, -0.2) is 120 Å². The van der Waals surface area contributed by atoms with E-state index in [1.54, 1.807) is 15.9 Å². The van der Waals surface area contributed by atoms with Crippen molar-refractivity contribution in [1.29, 1.82) is 0 Å². The lowest BCUT2D eigenvalue weighted by atomic mass is 9.62. The molecular weight excluding hydrogens is 550 g/mol. The van der Waals surface area contributed by atoms with Gasteiger partial charge in [0.2, 0.25) is 11.8 Å². The molecule has 10 nitrogen and oxygen atoms in total. The summed E-state index contributed by atoms with van der Waals surface area (Å²) in [5.74, 6) is -2.55. The number of aliphatic hydroxyl groups is 1. The summed E-state index contributed by atoms with van der Waals surface area (Å²) in [5, 5.41) is 10.6. The molecule has 4 saturated heterocycles. The maximum absolute atomic E-state index is 14.7. The van der Waals surface area contributed by atoms with Crippen LogP contribution in [0.4, 0.5) is 0 Å². The van der Waals surface area contributed by atoms with Crippen LogP contribution < -0.4 is 0 Å². The first-order valence-corrected chi connectivity index (χ1v) is 16.2. The van der Waals surface area contributed by atoms with Crippen molar-refractivity contribution in [3.05, 3.63) is 25.3 Å². The third-order valence-corrected chi connectivity index (χ3v) is 10.1. The molecule has 4 aliphatic rings. The average molecular weight is 604 g/mol. The number of aliphatic hydroxyl groups excluding tert-OH is 1. The Morgan fingerprint density at radius 3 is 2.56 bits per heavy atom. The van der Waals surface area contributed by atoms with Gasteiger partial charge in [0.25, 0.3) is 0 Å². The maximum atomic E-state index is 14.7. The Bertz CT molecular complexity index is 1030. The van der Waals surface area contributed by atoms with Gasteiger partial charge in [-0.05, 0) is 50.9 Å². The number of hydrogen-bond donors (Lipinski definition) is 1. The number of likely N-dealkylation sites (tertiary alicyclic amines) is 1. The zero-order valence-corrected chi connectivity index (χ0v) is 26.7. The van der Waals surface area contributed by atoms with Gasteiger partial charge in [-0.15, -0.1) is 13.2 Å². The van der Waals surface area contributed by atoms with Gasteiger partial charge < -0.3 is 29.1 Å². The summed E-state index contributed by atoms with van der Waals surface area (Å²) in [6, 6.07) is -1.53. The summed E-state index contributed by atoms with van der Waals surface area (Å²) in [6.07, 6.45) is 6.94. The summed E-state index contributed by atoms with van der Waals surface area (Å²) in [5.41, 5.74) is -2.12. The molecule has 1 spiro atoms. The second kappa shape index (κ2) is 14.2. The van der Waals surface area contributed by atoms with E-state index < -0.39 is 41.1 Å². The highest BCUT2D eigenvalue weighted by molar-refractivity contribution is 5.98. The van der Waals surface area contributed by atoms with Gasteiger partial charge >= 0.3 is 5.97 Å². The van der Waals surface area contributed by atoms with Crippen molar-refractivity contribution in [1.82, 2.24) is 14.7 Å².